The van der Waals surface area contributed by atoms with Crippen molar-refractivity contribution < 1.29 is 23.6 Å². The highest BCUT2D eigenvalue weighted by molar-refractivity contribution is 7.99. The summed E-state index contributed by atoms with van der Waals surface area (Å²) in [6.45, 7) is 3.93. The summed E-state index contributed by atoms with van der Waals surface area (Å²) in [5, 5.41) is 25.4. The van der Waals surface area contributed by atoms with Gasteiger partial charge in [0.1, 0.15) is 11.6 Å². The van der Waals surface area contributed by atoms with E-state index in [4.69, 9.17) is 4.74 Å². The number of ether oxygens (including phenoxy) is 1. The van der Waals surface area contributed by atoms with E-state index in [-0.39, 0.29) is 29.5 Å². The summed E-state index contributed by atoms with van der Waals surface area (Å²) in [6.07, 6.45) is 0. The van der Waals surface area contributed by atoms with Crippen molar-refractivity contribution in [3.63, 3.8) is 0 Å². The molecule has 2 N–H and O–H groups in total. The molecule has 0 saturated carbocycles. The molecule has 40 heavy (non-hydrogen) atoms. The van der Waals surface area contributed by atoms with Crippen molar-refractivity contribution in [3.05, 3.63) is 99.6 Å². The minimum absolute atomic E-state index is 0.00589. The van der Waals surface area contributed by atoms with Crippen LogP contribution in [0.25, 0.3) is 5.69 Å². The van der Waals surface area contributed by atoms with Gasteiger partial charge in [-0.1, -0.05) is 17.8 Å². The van der Waals surface area contributed by atoms with Crippen LogP contribution in [0.4, 0.5) is 15.8 Å². The van der Waals surface area contributed by atoms with E-state index in [2.05, 4.69) is 20.8 Å². The molecule has 0 atom stereocenters. The number of amides is 2. The van der Waals surface area contributed by atoms with Gasteiger partial charge in [0.2, 0.25) is 5.91 Å². The zero-order chi connectivity index (χ0) is 28.6. The first-order valence-corrected chi connectivity index (χ1v) is 13.1. The molecule has 0 fully saturated rings. The minimum Gasteiger partial charge on any atom is -0.494 e. The second-order valence-corrected chi connectivity index (χ2v) is 9.39. The predicted molar refractivity (Wildman–Crippen MR) is 147 cm³/mol. The Kier molecular flexibility index (Phi) is 9.07. The summed E-state index contributed by atoms with van der Waals surface area (Å²) in [6, 6.07) is 16.8. The van der Waals surface area contributed by atoms with Crippen LogP contribution in [0.15, 0.2) is 71.9 Å². The van der Waals surface area contributed by atoms with E-state index < -0.39 is 16.6 Å². The molecule has 0 bridgehead atoms. The van der Waals surface area contributed by atoms with Crippen molar-refractivity contribution in [3.8, 4) is 11.4 Å². The van der Waals surface area contributed by atoms with Crippen LogP contribution in [0.1, 0.15) is 28.7 Å². The summed E-state index contributed by atoms with van der Waals surface area (Å²) in [4.78, 5) is 36.0. The summed E-state index contributed by atoms with van der Waals surface area (Å²) < 4.78 is 20.6. The standard InChI is InChI=1S/C27H25FN6O5S/c1-3-39-22-12-8-20(9-13-22)30-25(35)16-40-27-32-31-24(33(27)21-10-6-19(28)7-11-21)15-29-26(36)18-5-4-17(2)23(14-18)34(37)38/h4-14H,3,15-16H2,1-2H3,(H,29,36)(H,30,35). The molecule has 0 unspecified atom stereocenters. The van der Waals surface area contributed by atoms with Crippen LogP contribution in [0.2, 0.25) is 0 Å². The highest BCUT2D eigenvalue weighted by Gasteiger charge is 2.19. The monoisotopic (exact) mass is 564 g/mol. The number of nitrogens with zero attached hydrogens (tertiary/aromatic N) is 4. The molecule has 0 saturated heterocycles. The number of nitro groups is 1. The van der Waals surface area contributed by atoms with Gasteiger partial charge in [-0.2, -0.15) is 0 Å². The average molecular weight is 565 g/mol. The van der Waals surface area contributed by atoms with Gasteiger partial charge < -0.3 is 15.4 Å². The molecule has 1 aromatic heterocycles. The summed E-state index contributed by atoms with van der Waals surface area (Å²) in [5.74, 6) is -0.235. The zero-order valence-corrected chi connectivity index (χ0v) is 22.4. The molecule has 3 aromatic carbocycles. The van der Waals surface area contributed by atoms with Gasteiger partial charge >= 0.3 is 0 Å². The number of aryl methyl sites for hydroxylation is 1. The number of benzene rings is 3. The fraction of sp³-hybridized carbons (Fsp3) is 0.185. The maximum absolute atomic E-state index is 13.6. The van der Waals surface area contributed by atoms with Crippen molar-refractivity contribution in [1.82, 2.24) is 20.1 Å². The van der Waals surface area contributed by atoms with E-state index in [0.717, 1.165) is 11.8 Å². The topological polar surface area (TPSA) is 141 Å². The van der Waals surface area contributed by atoms with Gasteiger partial charge in [0.05, 0.1) is 23.8 Å². The van der Waals surface area contributed by atoms with Gasteiger partial charge in [-0.25, -0.2) is 4.39 Å². The molecule has 11 nitrogen and oxygen atoms in total. The number of halogens is 1. The van der Waals surface area contributed by atoms with Gasteiger partial charge in [-0.3, -0.25) is 24.3 Å². The fourth-order valence-corrected chi connectivity index (χ4v) is 4.47. The van der Waals surface area contributed by atoms with E-state index >= 15 is 0 Å². The number of carbonyl (C=O) groups is 2. The van der Waals surface area contributed by atoms with E-state index in [1.165, 1.54) is 42.5 Å². The van der Waals surface area contributed by atoms with Gasteiger partial charge in [-0.05, 0) is 68.4 Å². The van der Waals surface area contributed by atoms with Crippen LogP contribution in [0.5, 0.6) is 5.75 Å². The molecule has 0 aliphatic rings. The third-order valence-electron chi connectivity index (χ3n) is 5.64. The number of rotatable bonds is 11. The highest BCUT2D eigenvalue weighted by atomic mass is 32.2. The van der Waals surface area contributed by atoms with Gasteiger partial charge in [0.15, 0.2) is 11.0 Å². The third kappa shape index (κ3) is 6.99. The number of anilines is 1. The van der Waals surface area contributed by atoms with Crippen LogP contribution in [-0.4, -0.2) is 43.9 Å². The van der Waals surface area contributed by atoms with Gasteiger partial charge in [-0.15, -0.1) is 10.2 Å². The van der Waals surface area contributed by atoms with Gasteiger partial charge in [0, 0.05) is 28.6 Å². The Morgan fingerprint density at radius 2 is 1.80 bits per heavy atom. The van der Waals surface area contributed by atoms with E-state index in [9.17, 15) is 24.1 Å². The lowest BCUT2D eigenvalue weighted by Crippen LogP contribution is -2.25. The second kappa shape index (κ2) is 12.8. The van der Waals surface area contributed by atoms with Crippen molar-refractivity contribution in [2.75, 3.05) is 17.7 Å². The number of thioether (sulfide) groups is 1. The molecule has 206 valence electrons. The molecule has 0 spiro atoms. The van der Waals surface area contributed by atoms with E-state index in [0.29, 0.717) is 40.3 Å². The Morgan fingerprint density at radius 3 is 2.48 bits per heavy atom. The van der Waals surface area contributed by atoms with Crippen molar-refractivity contribution in [1.29, 1.82) is 0 Å². The lowest BCUT2D eigenvalue weighted by Gasteiger charge is -2.11. The molecule has 0 aliphatic heterocycles. The molecular formula is C27H25FN6O5S. The summed E-state index contributed by atoms with van der Waals surface area (Å²) >= 11 is 1.11. The van der Waals surface area contributed by atoms with Crippen LogP contribution in [-0.2, 0) is 11.3 Å². The molecule has 4 aromatic rings. The van der Waals surface area contributed by atoms with Crippen molar-refractivity contribution in [2.24, 2.45) is 0 Å². The third-order valence-corrected chi connectivity index (χ3v) is 6.57. The molecule has 0 aliphatic carbocycles. The SMILES string of the molecule is CCOc1ccc(NC(=O)CSc2nnc(CNC(=O)c3ccc(C)c([N+](=O)[O-])c3)n2-c2ccc(F)cc2)cc1. The van der Waals surface area contributed by atoms with Crippen LogP contribution >= 0.6 is 11.8 Å². The Balaban J connectivity index is 1.48. The highest BCUT2D eigenvalue weighted by Crippen LogP contribution is 2.24. The van der Waals surface area contributed by atoms with Crippen molar-refractivity contribution >= 4 is 35.0 Å². The number of aromatic nitrogens is 3. The average Bonchev–Trinajstić information content (AvgIpc) is 3.35. The number of hydrogen-bond acceptors (Lipinski definition) is 8. The van der Waals surface area contributed by atoms with Gasteiger partial charge in [0.25, 0.3) is 11.6 Å². The maximum atomic E-state index is 13.6. The maximum Gasteiger partial charge on any atom is 0.273 e. The lowest BCUT2D eigenvalue weighted by molar-refractivity contribution is -0.385. The number of nitrogens with one attached hydrogen (secondary N) is 2. The summed E-state index contributed by atoms with van der Waals surface area (Å²) in [5.41, 5.74) is 1.52. The number of hydrogen-bond donors (Lipinski definition) is 2. The first-order valence-electron chi connectivity index (χ1n) is 12.1. The molecule has 1 heterocycles. The first-order chi connectivity index (χ1) is 19.2. The molecule has 13 heteroatoms. The number of carbonyl (C=O) groups excluding carboxylic acids is 2. The quantitative estimate of drug-likeness (QED) is 0.152. The lowest BCUT2D eigenvalue weighted by atomic mass is 10.1. The Morgan fingerprint density at radius 1 is 1.07 bits per heavy atom. The Labute approximate surface area is 232 Å². The Bertz CT molecular complexity index is 1530. The Hall–Kier alpha value is -4.78. The smallest absolute Gasteiger partial charge is 0.273 e. The minimum atomic E-state index is -0.549. The van der Waals surface area contributed by atoms with E-state index in [1.807, 2.05) is 6.92 Å². The molecule has 4 rings (SSSR count). The summed E-state index contributed by atoms with van der Waals surface area (Å²) in [7, 11) is 0. The van der Waals surface area contributed by atoms with E-state index in [1.54, 1.807) is 35.8 Å². The van der Waals surface area contributed by atoms with Crippen molar-refractivity contribution in [2.45, 2.75) is 25.5 Å². The molecule has 0 radical (unpaired) electrons. The van der Waals surface area contributed by atoms with Crippen LogP contribution < -0.4 is 15.4 Å². The fourth-order valence-electron chi connectivity index (χ4n) is 3.69. The molecule has 2 amide bonds. The molecular weight excluding hydrogens is 539 g/mol. The zero-order valence-electron chi connectivity index (χ0n) is 21.6. The number of nitro benzene ring substituents is 1. The first kappa shape index (κ1) is 28.2. The largest absolute Gasteiger partial charge is 0.494 e. The second-order valence-electron chi connectivity index (χ2n) is 8.45. The normalized spacial score (nSPS) is 10.7. The predicted octanol–water partition coefficient (Wildman–Crippen LogP) is 4.68. The van der Waals surface area contributed by atoms with Crippen LogP contribution in [0.3, 0.4) is 0 Å². The van der Waals surface area contributed by atoms with Crippen LogP contribution in [0, 0.1) is 22.9 Å².